The van der Waals surface area contributed by atoms with Crippen LogP contribution in [0, 0.1) is 0 Å². The third-order valence-corrected chi connectivity index (χ3v) is 1.68. The summed E-state index contributed by atoms with van der Waals surface area (Å²) in [4.78, 5) is 6.29. The van der Waals surface area contributed by atoms with Gasteiger partial charge in [0.1, 0.15) is 0 Å². The number of aliphatic imine (C=N–C) groups is 1. The third-order valence-electron chi connectivity index (χ3n) is 1.68. The molecule has 0 spiro atoms. The van der Waals surface area contributed by atoms with Crippen LogP contribution in [0.1, 0.15) is 19.8 Å². The molecule has 10 heavy (non-hydrogen) atoms. The second-order valence-electron chi connectivity index (χ2n) is 2.58. The standard InChI is InChI=1S/C7H15N3/c1-2-5-10-6-3-4-9-7(10)8/h2-6H2,1H3,(H2,8,9). The summed E-state index contributed by atoms with van der Waals surface area (Å²) in [5.41, 5.74) is 5.64. The molecule has 0 amide bonds. The predicted molar refractivity (Wildman–Crippen MR) is 43.0 cm³/mol. The molecule has 1 aliphatic rings. The van der Waals surface area contributed by atoms with E-state index in [0.29, 0.717) is 0 Å². The molecule has 0 aromatic heterocycles. The monoisotopic (exact) mass is 141 g/mol. The maximum absolute atomic E-state index is 5.64. The zero-order chi connectivity index (χ0) is 7.40. The topological polar surface area (TPSA) is 41.6 Å². The van der Waals surface area contributed by atoms with E-state index in [-0.39, 0.29) is 0 Å². The van der Waals surface area contributed by atoms with Crippen molar-refractivity contribution in [3.63, 3.8) is 0 Å². The van der Waals surface area contributed by atoms with Crippen LogP contribution in [0.3, 0.4) is 0 Å². The molecular weight excluding hydrogens is 126 g/mol. The number of hydrogen-bond acceptors (Lipinski definition) is 3. The van der Waals surface area contributed by atoms with Crippen LogP contribution in [-0.4, -0.2) is 30.5 Å². The van der Waals surface area contributed by atoms with Crippen LogP contribution in [-0.2, 0) is 0 Å². The van der Waals surface area contributed by atoms with E-state index >= 15 is 0 Å². The van der Waals surface area contributed by atoms with E-state index in [0.717, 1.165) is 38.4 Å². The molecule has 2 N–H and O–H groups in total. The average Bonchev–Trinajstić information content (AvgIpc) is 1.94. The number of nitrogens with zero attached hydrogens (tertiary/aromatic N) is 2. The highest BCUT2D eigenvalue weighted by Gasteiger charge is 2.09. The van der Waals surface area contributed by atoms with Crippen LogP contribution < -0.4 is 5.73 Å². The minimum Gasteiger partial charge on any atom is -0.370 e. The van der Waals surface area contributed by atoms with Gasteiger partial charge in [0.2, 0.25) is 0 Å². The van der Waals surface area contributed by atoms with Gasteiger partial charge in [-0.25, -0.2) is 0 Å². The normalized spacial score (nSPS) is 18.9. The second kappa shape index (κ2) is 3.44. The first kappa shape index (κ1) is 7.38. The van der Waals surface area contributed by atoms with Crippen LogP contribution in [0.2, 0.25) is 0 Å². The minimum atomic E-state index is 0.730. The van der Waals surface area contributed by atoms with Gasteiger partial charge < -0.3 is 10.6 Å². The Kier molecular flexibility index (Phi) is 2.54. The molecule has 1 rings (SSSR count). The molecule has 1 heterocycles. The maximum atomic E-state index is 5.64. The summed E-state index contributed by atoms with van der Waals surface area (Å²) in [7, 11) is 0. The summed E-state index contributed by atoms with van der Waals surface area (Å²) in [5.74, 6) is 0.730. The van der Waals surface area contributed by atoms with Gasteiger partial charge in [0.25, 0.3) is 0 Å². The number of rotatable bonds is 2. The summed E-state index contributed by atoms with van der Waals surface area (Å²) in [6.45, 7) is 5.20. The van der Waals surface area contributed by atoms with Gasteiger partial charge in [-0.3, -0.25) is 4.99 Å². The van der Waals surface area contributed by atoms with E-state index in [1.54, 1.807) is 0 Å². The van der Waals surface area contributed by atoms with Crippen molar-refractivity contribution in [1.29, 1.82) is 0 Å². The van der Waals surface area contributed by atoms with Crippen molar-refractivity contribution in [2.75, 3.05) is 19.6 Å². The first-order chi connectivity index (χ1) is 4.84. The molecule has 0 saturated carbocycles. The lowest BCUT2D eigenvalue weighted by molar-refractivity contribution is 0.389. The fraction of sp³-hybridized carbons (Fsp3) is 0.857. The molecule has 0 saturated heterocycles. The number of guanidine groups is 1. The first-order valence-corrected chi connectivity index (χ1v) is 3.89. The zero-order valence-corrected chi connectivity index (χ0v) is 6.51. The molecule has 3 nitrogen and oxygen atoms in total. The Balaban J connectivity index is 2.41. The van der Waals surface area contributed by atoms with Gasteiger partial charge in [0.15, 0.2) is 5.96 Å². The highest BCUT2D eigenvalue weighted by atomic mass is 15.3. The minimum absolute atomic E-state index is 0.730. The van der Waals surface area contributed by atoms with Crippen LogP contribution in [0.15, 0.2) is 4.99 Å². The van der Waals surface area contributed by atoms with Crippen molar-refractivity contribution in [2.45, 2.75) is 19.8 Å². The molecule has 0 unspecified atom stereocenters. The van der Waals surface area contributed by atoms with Crippen molar-refractivity contribution < 1.29 is 0 Å². The quantitative estimate of drug-likeness (QED) is 0.605. The maximum Gasteiger partial charge on any atom is 0.191 e. The second-order valence-corrected chi connectivity index (χ2v) is 2.58. The smallest absolute Gasteiger partial charge is 0.191 e. The van der Waals surface area contributed by atoms with Crippen molar-refractivity contribution in [2.24, 2.45) is 10.7 Å². The van der Waals surface area contributed by atoms with E-state index in [1.165, 1.54) is 0 Å². The van der Waals surface area contributed by atoms with Gasteiger partial charge in [-0.05, 0) is 12.8 Å². The van der Waals surface area contributed by atoms with Gasteiger partial charge in [-0.1, -0.05) is 6.92 Å². The molecule has 58 valence electrons. The highest BCUT2D eigenvalue weighted by molar-refractivity contribution is 5.78. The van der Waals surface area contributed by atoms with Crippen LogP contribution in [0.4, 0.5) is 0 Å². The van der Waals surface area contributed by atoms with Crippen molar-refractivity contribution in [3.05, 3.63) is 0 Å². The van der Waals surface area contributed by atoms with Gasteiger partial charge in [0.05, 0.1) is 0 Å². The van der Waals surface area contributed by atoms with E-state index in [9.17, 15) is 0 Å². The van der Waals surface area contributed by atoms with Crippen LogP contribution >= 0.6 is 0 Å². The molecular formula is C7H15N3. The Bertz CT molecular complexity index is 131. The summed E-state index contributed by atoms with van der Waals surface area (Å²) >= 11 is 0. The molecule has 0 radical (unpaired) electrons. The largest absolute Gasteiger partial charge is 0.370 e. The highest BCUT2D eigenvalue weighted by Crippen LogP contribution is 1.99. The Hall–Kier alpha value is -0.730. The molecule has 0 aromatic carbocycles. The molecule has 1 aliphatic heterocycles. The SMILES string of the molecule is CCCN1CCCN=C1N. The fourth-order valence-corrected chi connectivity index (χ4v) is 1.17. The third kappa shape index (κ3) is 1.62. The molecule has 3 heteroatoms. The fourth-order valence-electron chi connectivity index (χ4n) is 1.17. The summed E-state index contributed by atoms with van der Waals surface area (Å²) in [6, 6.07) is 0. The lowest BCUT2D eigenvalue weighted by Crippen LogP contribution is -2.41. The molecule has 0 atom stereocenters. The summed E-state index contributed by atoms with van der Waals surface area (Å²) < 4.78 is 0. The lowest BCUT2D eigenvalue weighted by atomic mass is 10.3. The number of hydrogen-bond donors (Lipinski definition) is 1. The summed E-state index contributed by atoms with van der Waals surface area (Å²) in [5, 5.41) is 0. The van der Waals surface area contributed by atoms with Gasteiger partial charge >= 0.3 is 0 Å². The molecule has 0 aromatic rings. The van der Waals surface area contributed by atoms with Crippen LogP contribution in [0.25, 0.3) is 0 Å². The van der Waals surface area contributed by atoms with Gasteiger partial charge in [-0.15, -0.1) is 0 Å². The molecule has 0 aliphatic carbocycles. The van der Waals surface area contributed by atoms with Crippen molar-refractivity contribution in [3.8, 4) is 0 Å². The van der Waals surface area contributed by atoms with Crippen molar-refractivity contribution >= 4 is 5.96 Å². The summed E-state index contributed by atoms with van der Waals surface area (Å²) in [6.07, 6.45) is 2.30. The van der Waals surface area contributed by atoms with E-state index in [1.807, 2.05) is 0 Å². The van der Waals surface area contributed by atoms with E-state index in [2.05, 4.69) is 16.8 Å². The Morgan fingerprint density at radius 2 is 2.50 bits per heavy atom. The van der Waals surface area contributed by atoms with Crippen LogP contribution in [0.5, 0.6) is 0 Å². The lowest BCUT2D eigenvalue weighted by Gasteiger charge is -2.25. The number of nitrogens with two attached hydrogens (primary N) is 1. The van der Waals surface area contributed by atoms with Gasteiger partial charge in [0, 0.05) is 19.6 Å². The molecule has 0 fully saturated rings. The van der Waals surface area contributed by atoms with Crippen molar-refractivity contribution in [1.82, 2.24) is 4.90 Å². The average molecular weight is 141 g/mol. The Labute approximate surface area is 61.9 Å². The van der Waals surface area contributed by atoms with E-state index < -0.39 is 0 Å². The predicted octanol–water partition coefficient (Wildman–Crippen LogP) is 0.417. The zero-order valence-electron chi connectivity index (χ0n) is 6.51. The molecule has 0 bridgehead atoms. The Morgan fingerprint density at radius 3 is 3.10 bits per heavy atom. The Morgan fingerprint density at radius 1 is 1.70 bits per heavy atom. The first-order valence-electron chi connectivity index (χ1n) is 3.89. The van der Waals surface area contributed by atoms with Gasteiger partial charge in [-0.2, -0.15) is 0 Å². The van der Waals surface area contributed by atoms with E-state index in [4.69, 9.17) is 5.73 Å².